The van der Waals surface area contributed by atoms with Crippen LogP contribution < -0.4 is 0 Å². The summed E-state index contributed by atoms with van der Waals surface area (Å²) >= 11 is 3.60. The zero-order valence-corrected chi connectivity index (χ0v) is 46.0. The van der Waals surface area contributed by atoms with E-state index in [1.54, 1.807) is 0 Å². The fourth-order valence-corrected chi connectivity index (χ4v) is 7.90. The smallest absolute Gasteiger partial charge is 0.319 e. The molecule has 0 aromatic rings. The number of unbranched alkanes of at least 4 members (excludes halogenated alkanes) is 33. The molecule has 11 heteroatoms. The topological polar surface area (TPSA) is 140 Å². The van der Waals surface area contributed by atoms with Crippen LogP contribution in [0, 0.1) is 0 Å². The molecule has 0 aliphatic carbocycles. The van der Waals surface area contributed by atoms with Gasteiger partial charge in [-0.1, -0.05) is 211 Å². The van der Waals surface area contributed by atoms with Gasteiger partial charge in [-0.3, -0.25) is 14.4 Å². The van der Waals surface area contributed by atoms with Crippen LogP contribution in [0.25, 0.3) is 0 Å². The zero-order valence-electron chi connectivity index (χ0n) is 44.3. The van der Waals surface area contributed by atoms with Crippen LogP contribution in [0.2, 0.25) is 0 Å². The van der Waals surface area contributed by atoms with Crippen molar-refractivity contribution < 1.29 is 43.3 Å². The first kappa shape index (κ1) is 68.2. The van der Waals surface area contributed by atoms with E-state index >= 15 is 0 Å². The molecular weight excluding hydrogens is 892 g/mol. The molecule has 0 radical (unpaired) electrons. The van der Waals surface area contributed by atoms with Gasteiger partial charge in [0.1, 0.15) is 13.2 Å². The highest BCUT2D eigenvalue weighted by Gasteiger charge is 2.19. The van der Waals surface area contributed by atoms with Gasteiger partial charge in [-0.15, -0.1) is 0 Å². The molecule has 0 rings (SSSR count). The van der Waals surface area contributed by atoms with Crippen LogP contribution in [0.4, 0.5) is 0 Å². The lowest BCUT2D eigenvalue weighted by atomic mass is 10.1. The van der Waals surface area contributed by atoms with E-state index in [1.165, 1.54) is 173 Å². The van der Waals surface area contributed by atoms with Crippen molar-refractivity contribution in [2.45, 2.75) is 297 Å². The Morgan fingerprint density at radius 1 is 0.368 bits per heavy atom. The Bertz CT molecular complexity index is 1170. The first-order valence-electron chi connectivity index (χ1n) is 28.3. The molecule has 400 valence electrons. The third kappa shape index (κ3) is 64.2. The summed E-state index contributed by atoms with van der Waals surface area (Å²) in [4.78, 5) is 60.7. The van der Waals surface area contributed by atoms with Crippen LogP contribution in [0.5, 0.6) is 0 Å². The fourth-order valence-electron chi connectivity index (χ4n) is 7.90. The molecule has 0 bridgehead atoms. The molecule has 0 fully saturated rings. The predicted octanol–water partition coefficient (Wildman–Crippen LogP) is 17.3. The lowest BCUT2D eigenvalue weighted by Gasteiger charge is -2.18. The van der Waals surface area contributed by atoms with Crippen molar-refractivity contribution in [1.82, 2.24) is 0 Å². The Balaban J connectivity index is 0. The molecule has 0 saturated carbocycles. The van der Waals surface area contributed by atoms with Gasteiger partial charge in [0.25, 0.3) is 0 Å². The lowest BCUT2D eigenvalue weighted by molar-refractivity contribution is -0.167. The monoisotopic (exact) mass is 999 g/mol. The second kappa shape index (κ2) is 56.1. The van der Waals surface area contributed by atoms with Gasteiger partial charge in [0, 0.05) is 19.3 Å². The number of hydrogen-bond acceptors (Lipinski definition) is 7. The summed E-state index contributed by atoms with van der Waals surface area (Å²) in [5.74, 6) is -0.893. The van der Waals surface area contributed by atoms with Gasteiger partial charge in [0.15, 0.2) is 6.10 Å². The van der Waals surface area contributed by atoms with E-state index in [4.69, 9.17) is 28.9 Å². The average Bonchev–Trinajstić information content (AvgIpc) is 3.30. The van der Waals surface area contributed by atoms with Crippen LogP contribution in [-0.2, 0) is 40.4 Å². The normalized spacial score (nSPS) is 11.8. The zero-order chi connectivity index (χ0) is 50.3. The Hall–Kier alpha value is -1.84. The van der Waals surface area contributed by atoms with E-state index < -0.39 is 12.8 Å². The number of carbonyl (C=O) groups is 3. The highest BCUT2D eigenvalue weighted by atomic mass is 32.5. The van der Waals surface area contributed by atoms with E-state index in [0.29, 0.717) is 19.3 Å². The lowest BCUT2D eigenvalue weighted by Crippen LogP contribution is -2.30. The van der Waals surface area contributed by atoms with E-state index in [0.717, 1.165) is 77.0 Å². The summed E-state index contributed by atoms with van der Waals surface area (Å²) in [7, 11) is 0. The van der Waals surface area contributed by atoms with Gasteiger partial charge in [-0.2, -0.15) is 0 Å². The van der Waals surface area contributed by atoms with Gasteiger partial charge in [-0.25, -0.2) is 0 Å². The first-order chi connectivity index (χ1) is 33.0. The van der Waals surface area contributed by atoms with Crippen molar-refractivity contribution in [3.63, 3.8) is 0 Å². The number of allylic oxidation sites excluding steroid dienone is 6. The van der Waals surface area contributed by atoms with Crippen LogP contribution in [0.1, 0.15) is 290 Å². The van der Waals surface area contributed by atoms with Gasteiger partial charge in [-0.05, 0) is 108 Å². The molecule has 0 saturated heterocycles. The van der Waals surface area contributed by atoms with Crippen molar-refractivity contribution in [3.8, 4) is 0 Å². The fraction of sp³-hybridized carbons (Fsp3) is 0.842. The number of esters is 3. The number of ether oxygens (including phenoxy) is 3. The maximum atomic E-state index is 12.8. The van der Waals surface area contributed by atoms with Crippen molar-refractivity contribution in [3.05, 3.63) is 36.5 Å². The predicted molar refractivity (Wildman–Crippen MR) is 291 cm³/mol. The van der Waals surface area contributed by atoms with Crippen molar-refractivity contribution in [1.29, 1.82) is 0 Å². The van der Waals surface area contributed by atoms with Crippen molar-refractivity contribution >= 4 is 36.4 Å². The maximum Gasteiger partial charge on any atom is 0.319 e. The highest BCUT2D eigenvalue weighted by molar-refractivity contribution is 8.06. The van der Waals surface area contributed by atoms with Gasteiger partial charge in [0.05, 0.1) is 0 Å². The van der Waals surface area contributed by atoms with Crippen LogP contribution in [0.15, 0.2) is 36.5 Å². The molecule has 9 nitrogen and oxygen atoms in total. The van der Waals surface area contributed by atoms with Crippen molar-refractivity contribution in [2.24, 2.45) is 0 Å². The average molecular weight is 1000 g/mol. The summed E-state index contributed by atoms with van der Waals surface area (Å²) in [6, 6.07) is 0. The minimum absolute atomic E-state index is 0.0806. The second-order valence-corrected chi connectivity index (χ2v) is 21.5. The summed E-state index contributed by atoms with van der Waals surface area (Å²) < 4.78 is 16.8. The van der Waals surface area contributed by atoms with Crippen LogP contribution in [0.3, 0.4) is 0 Å². The Labute approximate surface area is 424 Å². The molecule has 0 spiro atoms. The second-order valence-electron chi connectivity index (χ2n) is 19.0. The third-order valence-electron chi connectivity index (χ3n) is 12.1. The first-order valence-corrected chi connectivity index (χ1v) is 30.9. The third-order valence-corrected chi connectivity index (χ3v) is 12.1. The summed E-state index contributed by atoms with van der Waals surface area (Å²) in [6.07, 6.45) is 61.2. The Kier molecular flexibility index (Phi) is 56.3. The number of carbonyl (C=O) groups excluding carboxylic acids is 3. The minimum atomic E-state index is -3.81. The molecule has 0 atom stereocenters. The standard InChI is InChI=1S/C57H104O6.H3O3PS/c1-4-7-10-13-16-19-22-25-28-31-34-37-40-43-46-49-55(58)61-52-54(63-57(60)51-48-45-42-39-36-33-30-27-24-21-18-15-12-9-6-3)53-62-56(59)50-47-44-41-38-35-32-29-26-23-20-17-14-11-8-5-2;1-4(2,3)5/h25-30,54H,4-24,31-53H2,1-3H3;(H3,1,2,3,5)/b28-25-,29-26-,30-27-;. The molecular formula is C57H107O9PS. The van der Waals surface area contributed by atoms with E-state index in [1.807, 2.05) is 0 Å². The number of rotatable bonds is 50. The van der Waals surface area contributed by atoms with E-state index in [2.05, 4.69) is 69.0 Å². The summed E-state index contributed by atoms with van der Waals surface area (Å²) in [6.45, 7) is 2.82. The Morgan fingerprint density at radius 3 is 0.824 bits per heavy atom. The molecule has 0 unspecified atom stereocenters. The summed E-state index contributed by atoms with van der Waals surface area (Å²) in [5.41, 5.74) is 0. The minimum Gasteiger partial charge on any atom is -0.462 e. The largest absolute Gasteiger partial charge is 0.462 e. The molecule has 0 amide bonds. The van der Waals surface area contributed by atoms with Gasteiger partial charge >= 0.3 is 24.6 Å². The molecule has 0 heterocycles. The highest BCUT2D eigenvalue weighted by Crippen LogP contribution is 2.26. The molecule has 68 heavy (non-hydrogen) atoms. The van der Waals surface area contributed by atoms with Crippen molar-refractivity contribution in [2.75, 3.05) is 13.2 Å². The van der Waals surface area contributed by atoms with E-state index in [-0.39, 0.29) is 31.1 Å². The summed E-state index contributed by atoms with van der Waals surface area (Å²) in [5, 5.41) is 0. The molecule has 0 aliphatic rings. The molecule has 0 aromatic carbocycles. The quantitative estimate of drug-likeness (QED) is 0.0177. The van der Waals surface area contributed by atoms with E-state index in [9.17, 15) is 14.4 Å². The molecule has 0 aliphatic heterocycles. The molecule has 3 N–H and O–H groups in total. The number of hydrogen-bond donors (Lipinski definition) is 3. The molecule has 0 aromatic heterocycles. The van der Waals surface area contributed by atoms with Gasteiger partial charge in [0.2, 0.25) is 0 Å². The SMILES string of the molecule is CCCCCCCC/C=C\CCCCCCCC(=O)OCC(COC(=O)CCCCCCC/C=C\CCCCCCCC)OC(=O)CCCCCCC/C=C\CCCCCCCC.OP(O)(O)=S. The maximum absolute atomic E-state index is 12.8. The Morgan fingerprint density at radius 2 is 0.574 bits per heavy atom. The van der Waals surface area contributed by atoms with Gasteiger partial charge < -0.3 is 28.9 Å². The van der Waals surface area contributed by atoms with Crippen LogP contribution in [-0.4, -0.2) is 51.9 Å². The van der Waals surface area contributed by atoms with Crippen LogP contribution >= 0.6 is 6.72 Å².